The van der Waals surface area contributed by atoms with Crippen LogP contribution >= 0.6 is 0 Å². The van der Waals surface area contributed by atoms with Gasteiger partial charge >= 0.3 is 6.03 Å². The van der Waals surface area contributed by atoms with Crippen molar-refractivity contribution < 1.29 is 9.53 Å². The van der Waals surface area contributed by atoms with Crippen molar-refractivity contribution in [3.63, 3.8) is 0 Å². The van der Waals surface area contributed by atoms with Gasteiger partial charge in [-0.15, -0.1) is 10.2 Å². The summed E-state index contributed by atoms with van der Waals surface area (Å²) in [6.07, 6.45) is 2.34. The van der Waals surface area contributed by atoms with Crippen molar-refractivity contribution in [3.8, 4) is 11.4 Å². The van der Waals surface area contributed by atoms with Crippen LogP contribution in [-0.2, 0) is 5.41 Å². The molecule has 0 aliphatic heterocycles. The Kier molecular flexibility index (Phi) is 6.96. The number of hydrogen-bond acceptors (Lipinski definition) is 5. The maximum absolute atomic E-state index is 13.4. The summed E-state index contributed by atoms with van der Waals surface area (Å²) in [5, 5.41) is 19.7. The lowest BCUT2D eigenvalue weighted by atomic mass is 9.92. The Hall–Kier alpha value is -4.66. The first-order chi connectivity index (χ1) is 20.1. The van der Waals surface area contributed by atoms with E-state index in [2.05, 4.69) is 67.6 Å². The number of amides is 2. The molecule has 0 bridgehead atoms. The molecule has 2 N–H and O–H groups in total. The highest BCUT2D eigenvalue weighted by molar-refractivity contribution is 5.89. The van der Waals surface area contributed by atoms with Gasteiger partial charge in [0.05, 0.1) is 23.6 Å². The van der Waals surface area contributed by atoms with Crippen molar-refractivity contribution in [1.82, 2.24) is 29.7 Å². The van der Waals surface area contributed by atoms with E-state index < -0.39 is 0 Å². The lowest BCUT2D eigenvalue weighted by Gasteiger charge is -2.17. The van der Waals surface area contributed by atoms with Crippen molar-refractivity contribution in [2.45, 2.75) is 71.4 Å². The van der Waals surface area contributed by atoms with Gasteiger partial charge in [-0.25, -0.2) is 9.48 Å². The Labute approximate surface area is 245 Å². The topological polar surface area (TPSA) is 98.4 Å². The van der Waals surface area contributed by atoms with Crippen LogP contribution in [0.5, 0.6) is 5.75 Å². The number of pyridine rings is 1. The number of aromatic nitrogens is 5. The van der Waals surface area contributed by atoms with E-state index in [-0.39, 0.29) is 29.5 Å². The van der Waals surface area contributed by atoms with Crippen LogP contribution in [0, 0.1) is 6.92 Å². The van der Waals surface area contributed by atoms with E-state index in [1.807, 2.05) is 72.1 Å². The van der Waals surface area contributed by atoms with Gasteiger partial charge in [0.25, 0.3) is 0 Å². The smallest absolute Gasteiger partial charge is 0.320 e. The first-order valence-corrected chi connectivity index (χ1v) is 14.4. The number of carbonyl (C=O) groups excluding carboxylic acids is 1. The summed E-state index contributed by atoms with van der Waals surface area (Å²) in [5.41, 5.74) is 5.66. The number of nitrogens with one attached hydrogen (secondary N) is 2. The number of benzene rings is 2. The summed E-state index contributed by atoms with van der Waals surface area (Å²) in [5.74, 6) is 2.46. The lowest BCUT2D eigenvalue weighted by molar-refractivity contribution is 0.194. The summed E-state index contributed by atoms with van der Waals surface area (Å²) in [7, 11) is 0. The highest BCUT2D eigenvalue weighted by Gasteiger charge is 2.33. The third-order valence-electron chi connectivity index (χ3n) is 7.67. The Morgan fingerprint density at radius 3 is 2.45 bits per heavy atom. The number of hydrogen-bond donors (Lipinski definition) is 2. The molecule has 0 fully saturated rings. The van der Waals surface area contributed by atoms with Crippen molar-refractivity contribution in [2.24, 2.45) is 0 Å². The Bertz CT molecular complexity index is 1740. The molecule has 42 heavy (non-hydrogen) atoms. The second-order valence-electron chi connectivity index (χ2n) is 12.3. The zero-order valence-corrected chi connectivity index (χ0v) is 24.9. The fourth-order valence-corrected chi connectivity index (χ4v) is 5.38. The highest BCUT2D eigenvalue weighted by Crippen LogP contribution is 2.41. The lowest BCUT2D eigenvalue weighted by Crippen LogP contribution is -2.32. The predicted octanol–water partition coefficient (Wildman–Crippen LogP) is 7.03. The minimum Gasteiger partial charge on any atom is -0.484 e. The molecule has 0 radical (unpaired) electrons. The molecule has 0 saturated heterocycles. The first kappa shape index (κ1) is 27.5. The summed E-state index contributed by atoms with van der Waals surface area (Å²) < 4.78 is 10.3. The second-order valence-corrected chi connectivity index (χ2v) is 12.3. The largest absolute Gasteiger partial charge is 0.484 e. The monoisotopic (exact) mass is 563 g/mol. The third kappa shape index (κ3) is 5.34. The number of anilines is 1. The SMILES string of the molecule is Cc1ccc(-n2nc(C(C)(C)C)cc2NC(=O)NC2CC(Oc3ccc4nnc(C(C)C)n4c3)c3ccccc32)cc1. The number of aryl methyl sites for hydroxylation is 1. The molecule has 2 atom stereocenters. The minimum atomic E-state index is -0.295. The van der Waals surface area contributed by atoms with E-state index >= 15 is 0 Å². The molecule has 6 rings (SSSR count). The van der Waals surface area contributed by atoms with E-state index in [0.717, 1.165) is 45.3 Å². The molecule has 3 aromatic heterocycles. The van der Waals surface area contributed by atoms with E-state index in [0.29, 0.717) is 12.2 Å². The number of nitrogens with zero attached hydrogens (tertiary/aromatic N) is 5. The molecule has 1 aliphatic rings. The average Bonchev–Trinajstić information content (AvgIpc) is 3.65. The number of carbonyl (C=O) groups is 1. The molecule has 3 heterocycles. The van der Waals surface area contributed by atoms with Gasteiger partial charge in [0.2, 0.25) is 0 Å². The van der Waals surface area contributed by atoms with Crippen molar-refractivity contribution >= 4 is 17.5 Å². The van der Waals surface area contributed by atoms with Gasteiger partial charge in [0, 0.05) is 23.8 Å². The zero-order chi connectivity index (χ0) is 29.6. The number of fused-ring (bicyclic) bond motifs is 2. The number of rotatable bonds is 6. The maximum atomic E-state index is 13.4. The molecule has 1 aliphatic carbocycles. The predicted molar refractivity (Wildman–Crippen MR) is 163 cm³/mol. The summed E-state index contributed by atoms with van der Waals surface area (Å²) in [6.45, 7) is 12.6. The van der Waals surface area contributed by atoms with E-state index in [9.17, 15) is 4.79 Å². The van der Waals surface area contributed by atoms with E-state index in [4.69, 9.17) is 9.84 Å². The molecule has 9 heteroatoms. The molecule has 2 aromatic carbocycles. The van der Waals surface area contributed by atoms with Crippen molar-refractivity contribution in [2.75, 3.05) is 5.32 Å². The highest BCUT2D eigenvalue weighted by atomic mass is 16.5. The first-order valence-electron chi connectivity index (χ1n) is 14.4. The van der Waals surface area contributed by atoms with Crippen LogP contribution in [0.25, 0.3) is 11.3 Å². The molecule has 9 nitrogen and oxygen atoms in total. The Balaban J connectivity index is 1.22. The summed E-state index contributed by atoms with van der Waals surface area (Å²) >= 11 is 0. The van der Waals surface area contributed by atoms with Crippen LogP contribution in [0.3, 0.4) is 0 Å². The normalized spacial score (nSPS) is 16.5. The zero-order valence-electron chi connectivity index (χ0n) is 24.9. The van der Waals surface area contributed by atoms with Gasteiger partial charge < -0.3 is 10.1 Å². The fourth-order valence-electron chi connectivity index (χ4n) is 5.38. The molecule has 216 valence electrons. The molecule has 0 spiro atoms. The Morgan fingerprint density at radius 1 is 1.00 bits per heavy atom. The van der Waals surface area contributed by atoms with Gasteiger partial charge in [-0.1, -0.05) is 76.6 Å². The molecular formula is C33H37N7O2. The molecule has 2 unspecified atom stereocenters. The van der Waals surface area contributed by atoms with Gasteiger partial charge in [-0.2, -0.15) is 5.10 Å². The van der Waals surface area contributed by atoms with Crippen LogP contribution in [0.1, 0.15) is 87.3 Å². The number of urea groups is 1. The van der Waals surface area contributed by atoms with Crippen molar-refractivity contribution in [1.29, 1.82) is 0 Å². The average molecular weight is 564 g/mol. The fraction of sp³-hybridized carbons (Fsp3) is 0.333. The van der Waals surface area contributed by atoms with Gasteiger partial charge in [-0.05, 0) is 42.3 Å². The number of ether oxygens (including phenoxy) is 1. The van der Waals surface area contributed by atoms with Crippen LogP contribution in [0.2, 0.25) is 0 Å². The van der Waals surface area contributed by atoms with Gasteiger partial charge in [0.1, 0.15) is 23.5 Å². The summed E-state index contributed by atoms with van der Waals surface area (Å²) in [6, 6.07) is 21.5. The standard InChI is InChI=1S/C33H37N7O2/c1-20(2)31-37-36-29-16-15-23(19-39(29)31)42-27-17-26(24-9-7-8-10-25(24)27)34-32(41)35-30-18-28(33(4,5)6)38-40(30)22-13-11-21(3)12-14-22/h7-16,18-20,26-27H,17H2,1-6H3,(H2,34,35,41). The Morgan fingerprint density at radius 2 is 1.74 bits per heavy atom. The molecular weight excluding hydrogens is 526 g/mol. The van der Waals surface area contributed by atoms with E-state index in [1.54, 1.807) is 4.68 Å². The molecule has 5 aromatic rings. The van der Waals surface area contributed by atoms with E-state index in [1.165, 1.54) is 0 Å². The van der Waals surface area contributed by atoms with Gasteiger partial charge in [-0.3, -0.25) is 9.72 Å². The van der Waals surface area contributed by atoms with Gasteiger partial charge in [0.15, 0.2) is 5.65 Å². The second kappa shape index (κ2) is 10.6. The third-order valence-corrected chi connectivity index (χ3v) is 7.67. The van der Waals surface area contributed by atoms with Crippen LogP contribution in [0.4, 0.5) is 10.6 Å². The maximum Gasteiger partial charge on any atom is 0.320 e. The van der Waals surface area contributed by atoms with Crippen LogP contribution in [-0.4, -0.2) is 30.4 Å². The van der Waals surface area contributed by atoms with Crippen LogP contribution < -0.4 is 15.4 Å². The molecule has 0 saturated carbocycles. The van der Waals surface area contributed by atoms with Crippen LogP contribution in [0.15, 0.2) is 72.9 Å². The summed E-state index contributed by atoms with van der Waals surface area (Å²) in [4.78, 5) is 13.4. The molecule has 2 amide bonds. The minimum absolute atomic E-state index is 0.177. The van der Waals surface area contributed by atoms with Crippen molar-refractivity contribution in [3.05, 3.63) is 101 Å². The quantitative estimate of drug-likeness (QED) is 0.231.